The van der Waals surface area contributed by atoms with Crippen LogP contribution in [0.2, 0.25) is 5.02 Å². The highest BCUT2D eigenvalue weighted by atomic mass is 35.5. The average molecular weight is 275 g/mol. The van der Waals surface area contributed by atoms with Crippen LogP contribution in [0.1, 0.15) is 16.7 Å². The molecule has 0 atom stereocenters. The molecule has 98 valence electrons. The molecular formula is C14H15ClN4. The molecule has 0 radical (unpaired) electrons. The summed E-state index contributed by atoms with van der Waals surface area (Å²) in [6.45, 7) is 3.83. The molecule has 3 rings (SSSR count). The second-order valence-electron chi connectivity index (χ2n) is 4.84. The minimum atomic E-state index is 0.335. The van der Waals surface area contributed by atoms with Gasteiger partial charge in [-0.3, -0.25) is 0 Å². The highest BCUT2D eigenvalue weighted by Gasteiger charge is 2.20. The van der Waals surface area contributed by atoms with Gasteiger partial charge in [0, 0.05) is 13.1 Å². The molecule has 0 saturated heterocycles. The van der Waals surface area contributed by atoms with Gasteiger partial charge in [0.25, 0.3) is 0 Å². The van der Waals surface area contributed by atoms with Gasteiger partial charge >= 0.3 is 0 Å². The van der Waals surface area contributed by atoms with E-state index in [0.717, 1.165) is 25.3 Å². The van der Waals surface area contributed by atoms with Crippen molar-refractivity contribution in [3.05, 3.63) is 46.2 Å². The van der Waals surface area contributed by atoms with E-state index in [4.69, 9.17) is 17.3 Å². The Balaban J connectivity index is 1.93. The van der Waals surface area contributed by atoms with E-state index < -0.39 is 0 Å². The van der Waals surface area contributed by atoms with E-state index in [1.54, 1.807) is 0 Å². The van der Waals surface area contributed by atoms with Gasteiger partial charge in [-0.05, 0) is 24.5 Å². The number of nitrogen functional groups attached to an aromatic ring is 1. The van der Waals surface area contributed by atoms with Crippen LogP contribution in [0.4, 0.5) is 11.6 Å². The van der Waals surface area contributed by atoms with Crippen molar-refractivity contribution >= 4 is 23.2 Å². The highest BCUT2D eigenvalue weighted by Crippen LogP contribution is 2.31. The number of anilines is 2. The van der Waals surface area contributed by atoms with E-state index in [9.17, 15) is 0 Å². The second-order valence-corrected chi connectivity index (χ2v) is 5.22. The number of nitrogens with zero attached hydrogens (tertiary/aromatic N) is 3. The Kier molecular flexibility index (Phi) is 3.03. The summed E-state index contributed by atoms with van der Waals surface area (Å²) in [7, 11) is 0. The normalized spacial score (nSPS) is 14.3. The predicted molar refractivity (Wildman–Crippen MR) is 77.4 cm³/mol. The molecule has 4 nitrogen and oxygen atoms in total. The Morgan fingerprint density at radius 3 is 2.95 bits per heavy atom. The number of hydrogen-bond acceptors (Lipinski definition) is 4. The lowest BCUT2D eigenvalue weighted by Gasteiger charge is -2.30. The van der Waals surface area contributed by atoms with Crippen molar-refractivity contribution in [1.29, 1.82) is 0 Å². The molecule has 1 aromatic heterocycles. The Morgan fingerprint density at radius 1 is 1.26 bits per heavy atom. The fraction of sp³-hybridized carbons (Fsp3) is 0.286. The van der Waals surface area contributed by atoms with Crippen LogP contribution in [-0.4, -0.2) is 16.5 Å². The second kappa shape index (κ2) is 4.70. The maximum absolute atomic E-state index is 6.19. The number of hydrogen-bond donors (Lipinski definition) is 1. The summed E-state index contributed by atoms with van der Waals surface area (Å²) in [6, 6.07) is 6.57. The monoisotopic (exact) mass is 274 g/mol. The van der Waals surface area contributed by atoms with Crippen LogP contribution >= 0.6 is 11.6 Å². The van der Waals surface area contributed by atoms with Crippen molar-refractivity contribution in [2.24, 2.45) is 0 Å². The number of rotatable bonds is 1. The average Bonchev–Trinajstić information content (AvgIpc) is 2.41. The van der Waals surface area contributed by atoms with E-state index in [-0.39, 0.29) is 0 Å². The zero-order valence-electron chi connectivity index (χ0n) is 10.7. The third-order valence-electron chi connectivity index (χ3n) is 3.47. The van der Waals surface area contributed by atoms with Crippen LogP contribution in [0.5, 0.6) is 0 Å². The number of nitrogens with two attached hydrogens (primary N) is 1. The molecule has 2 heterocycles. The molecule has 1 aliphatic rings. The standard InChI is InChI=1S/C14H15ClN4/c1-9-2-3-11-7-19(5-4-10(11)6-9)14-12(15)13(16)17-8-18-14/h2-3,6,8H,4-5,7H2,1H3,(H2,16,17,18). The first-order chi connectivity index (χ1) is 9.15. The van der Waals surface area contributed by atoms with Crippen molar-refractivity contribution < 1.29 is 0 Å². The molecule has 0 aliphatic carbocycles. The van der Waals surface area contributed by atoms with Gasteiger partial charge in [0.1, 0.15) is 17.2 Å². The van der Waals surface area contributed by atoms with E-state index in [1.807, 2.05) is 0 Å². The van der Waals surface area contributed by atoms with Gasteiger partial charge < -0.3 is 10.6 Å². The summed E-state index contributed by atoms with van der Waals surface area (Å²) < 4.78 is 0. The number of benzene rings is 1. The van der Waals surface area contributed by atoms with Crippen molar-refractivity contribution in [2.45, 2.75) is 19.9 Å². The van der Waals surface area contributed by atoms with Crippen LogP contribution in [0.15, 0.2) is 24.5 Å². The van der Waals surface area contributed by atoms with Gasteiger partial charge in [0.05, 0.1) is 0 Å². The van der Waals surface area contributed by atoms with E-state index in [0.29, 0.717) is 10.8 Å². The number of halogens is 1. The lowest BCUT2D eigenvalue weighted by atomic mass is 9.98. The minimum Gasteiger partial charge on any atom is -0.382 e. The van der Waals surface area contributed by atoms with Crippen LogP contribution in [0, 0.1) is 6.92 Å². The summed E-state index contributed by atoms with van der Waals surface area (Å²) in [5, 5.41) is 0.443. The molecular weight excluding hydrogens is 260 g/mol. The van der Waals surface area contributed by atoms with Gasteiger partial charge in [-0.25, -0.2) is 9.97 Å². The number of aromatic nitrogens is 2. The third kappa shape index (κ3) is 2.24. The Bertz CT molecular complexity index is 627. The molecule has 0 amide bonds. The Labute approximate surface area is 117 Å². The maximum Gasteiger partial charge on any atom is 0.153 e. The molecule has 2 aromatic rings. The van der Waals surface area contributed by atoms with E-state index >= 15 is 0 Å². The first-order valence-electron chi connectivity index (χ1n) is 6.24. The summed E-state index contributed by atoms with van der Waals surface area (Å²) >= 11 is 6.19. The quantitative estimate of drug-likeness (QED) is 0.868. The molecule has 0 unspecified atom stereocenters. The Morgan fingerprint density at radius 2 is 2.11 bits per heavy atom. The number of fused-ring (bicyclic) bond motifs is 1. The first kappa shape index (κ1) is 12.2. The van der Waals surface area contributed by atoms with Crippen LogP contribution < -0.4 is 10.6 Å². The van der Waals surface area contributed by atoms with Crippen LogP contribution in [0.3, 0.4) is 0 Å². The minimum absolute atomic E-state index is 0.335. The van der Waals surface area contributed by atoms with Crippen molar-refractivity contribution in [3.8, 4) is 0 Å². The van der Waals surface area contributed by atoms with Crippen LogP contribution in [-0.2, 0) is 13.0 Å². The summed E-state index contributed by atoms with van der Waals surface area (Å²) in [6.07, 6.45) is 2.46. The predicted octanol–water partition coefficient (Wildman–Crippen LogP) is 2.58. The molecule has 2 N–H and O–H groups in total. The lowest BCUT2D eigenvalue weighted by Crippen LogP contribution is -2.31. The van der Waals surface area contributed by atoms with Gasteiger partial charge in [-0.2, -0.15) is 0 Å². The SMILES string of the molecule is Cc1ccc2c(c1)CCN(c1ncnc(N)c1Cl)C2. The van der Waals surface area contributed by atoms with Crippen molar-refractivity contribution in [1.82, 2.24) is 9.97 Å². The van der Waals surface area contributed by atoms with Gasteiger partial charge in [-0.15, -0.1) is 0 Å². The van der Waals surface area contributed by atoms with E-state index in [1.165, 1.54) is 23.0 Å². The smallest absolute Gasteiger partial charge is 0.153 e. The highest BCUT2D eigenvalue weighted by molar-refractivity contribution is 6.35. The zero-order chi connectivity index (χ0) is 13.4. The van der Waals surface area contributed by atoms with Crippen molar-refractivity contribution in [2.75, 3.05) is 17.2 Å². The molecule has 0 saturated carbocycles. The Hall–Kier alpha value is -1.81. The molecule has 1 aromatic carbocycles. The third-order valence-corrected chi connectivity index (χ3v) is 3.83. The summed E-state index contributed by atoms with van der Waals surface area (Å²) in [5.41, 5.74) is 9.77. The first-order valence-corrected chi connectivity index (χ1v) is 6.62. The molecule has 0 spiro atoms. The maximum atomic E-state index is 6.19. The molecule has 0 bridgehead atoms. The summed E-state index contributed by atoms with van der Waals surface area (Å²) in [5.74, 6) is 1.06. The van der Waals surface area contributed by atoms with Gasteiger partial charge in [0.2, 0.25) is 0 Å². The topological polar surface area (TPSA) is 55.0 Å². The molecule has 19 heavy (non-hydrogen) atoms. The molecule has 1 aliphatic heterocycles. The fourth-order valence-electron chi connectivity index (χ4n) is 2.46. The number of aryl methyl sites for hydroxylation is 1. The zero-order valence-corrected chi connectivity index (χ0v) is 11.5. The lowest BCUT2D eigenvalue weighted by molar-refractivity contribution is 0.719. The van der Waals surface area contributed by atoms with Gasteiger partial charge in [-0.1, -0.05) is 35.4 Å². The molecule has 5 heteroatoms. The van der Waals surface area contributed by atoms with E-state index in [2.05, 4.69) is 40.0 Å². The van der Waals surface area contributed by atoms with Gasteiger partial charge in [0.15, 0.2) is 5.82 Å². The summed E-state index contributed by atoms with van der Waals surface area (Å²) in [4.78, 5) is 10.3. The largest absolute Gasteiger partial charge is 0.382 e. The fourth-order valence-corrected chi connectivity index (χ4v) is 2.67. The van der Waals surface area contributed by atoms with Crippen LogP contribution in [0.25, 0.3) is 0 Å². The van der Waals surface area contributed by atoms with Crippen molar-refractivity contribution in [3.63, 3.8) is 0 Å². The molecule has 0 fully saturated rings.